The van der Waals surface area contributed by atoms with Crippen LogP contribution in [0.25, 0.3) is 11.1 Å². The van der Waals surface area contributed by atoms with Crippen LogP contribution in [0.5, 0.6) is 0 Å². The minimum absolute atomic E-state index is 0.752. The summed E-state index contributed by atoms with van der Waals surface area (Å²) >= 11 is 9.47. The van der Waals surface area contributed by atoms with Crippen LogP contribution >= 0.6 is 27.5 Å². The predicted octanol–water partition coefficient (Wildman–Crippen LogP) is 5.08. The number of hydrogen-bond acceptors (Lipinski definition) is 0. The molecule has 0 aliphatic carbocycles. The Labute approximate surface area is 103 Å². The van der Waals surface area contributed by atoms with Crippen LogP contribution in [-0.4, -0.2) is 0 Å². The average molecular weight is 282 g/mol. The van der Waals surface area contributed by atoms with Gasteiger partial charge in [0.25, 0.3) is 0 Å². The summed E-state index contributed by atoms with van der Waals surface area (Å²) in [6.07, 6.45) is 0. The van der Waals surface area contributed by atoms with E-state index in [0.29, 0.717) is 0 Å². The van der Waals surface area contributed by atoms with Crippen molar-refractivity contribution in [1.82, 2.24) is 0 Å². The monoisotopic (exact) mass is 280 g/mol. The molecule has 15 heavy (non-hydrogen) atoms. The molecule has 2 rings (SSSR count). The van der Waals surface area contributed by atoms with Gasteiger partial charge < -0.3 is 0 Å². The van der Waals surface area contributed by atoms with Crippen molar-refractivity contribution in [3.63, 3.8) is 0 Å². The molecule has 0 saturated heterocycles. The molecule has 0 nitrogen and oxygen atoms in total. The second kappa shape index (κ2) is 4.38. The summed E-state index contributed by atoms with van der Waals surface area (Å²) < 4.78 is 1.01. The number of hydrogen-bond donors (Lipinski definition) is 0. The van der Waals surface area contributed by atoms with Crippen molar-refractivity contribution in [3.05, 3.63) is 57.5 Å². The zero-order chi connectivity index (χ0) is 10.8. The van der Waals surface area contributed by atoms with Crippen LogP contribution in [0.2, 0.25) is 5.02 Å². The maximum absolute atomic E-state index is 6.02. The topological polar surface area (TPSA) is 0 Å². The van der Waals surface area contributed by atoms with Gasteiger partial charge >= 0.3 is 0 Å². The highest BCUT2D eigenvalue weighted by molar-refractivity contribution is 9.10. The van der Waals surface area contributed by atoms with Gasteiger partial charge in [0, 0.05) is 9.50 Å². The summed E-state index contributed by atoms with van der Waals surface area (Å²) in [5, 5.41) is 0.752. The van der Waals surface area contributed by atoms with E-state index in [2.05, 4.69) is 41.1 Å². The highest BCUT2D eigenvalue weighted by atomic mass is 79.9. The molecule has 0 spiro atoms. The van der Waals surface area contributed by atoms with E-state index in [0.717, 1.165) is 15.1 Å². The van der Waals surface area contributed by atoms with E-state index in [4.69, 9.17) is 11.6 Å². The molecule has 0 aromatic heterocycles. The van der Waals surface area contributed by atoms with Gasteiger partial charge in [-0.15, -0.1) is 0 Å². The van der Waals surface area contributed by atoms with Crippen molar-refractivity contribution < 1.29 is 0 Å². The lowest BCUT2D eigenvalue weighted by Gasteiger charge is -2.06. The fraction of sp³-hybridized carbons (Fsp3) is 0.0769. The molecule has 0 aliphatic heterocycles. The lowest BCUT2D eigenvalue weighted by molar-refractivity contribution is 1.45. The molecule has 0 bridgehead atoms. The van der Waals surface area contributed by atoms with E-state index in [1.165, 1.54) is 11.1 Å². The molecule has 0 unspecified atom stereocenters. The van der Waals surface area contributed by atoms with Gasteiger partial charge in [0.15, 0.2) is 0 Å². The van der Waals surface area contributed by atoms with Gasteiger partial charge in [0.2, 0.25) is 0 Å². The highest BCUT2D eigenvalue weighted by Gasteiger charge is 2.03. The van der Waals surface area contributed by atoms with Crippen molar-refractivity contribution >= 4 is 27.5 Å². The number of halogens is 2. The molecule has 2 heteroatoms. The molecule has 0 radical (unpaired) electrons. The Kier molecular flexibility index (Phi) is 3.13. The Bertz CT molecular complexity index is 471. The Morgan fingerprint density at radius 3 is 2.47 bits per heavy atom. The summed E-state index contributed by atoms with van der Waals surface area (Å²) in [5.74, 6) is 0. The first-order valence-electron chi connectivity index (χ1n) is 4.69. The largest absolute Gasteiger partial charge is 0.0843 e. The Balaban J connectivity index is 2.59. The maximum Gasteiger partial charge on any atom is 0.0423 e. The minimum Gasteiger partial charge on any atom is -0.0843 e. The number of benzene rings is 2. The lowest BCUT2D eigenvalue weighted by atomic mass is 10.0. The number of aryl methyl sites for hydroxylation is 1. The van der Waals surface area contributed by atoms with Gasteiger partial charge in [-0.2, -0.15) is 0 Å². The third kappa shape index (κ3) is 2.42. The molecule has 76 valence electrons. The van der Waals surface area contributed by atoms with Crippen molar-refractivity contribution in [2.75, 3.05) is 0 Å². The van der Waals surface area contributed by atoms with Crippen LogP contribution in [0.4, 0.5) is 0 Å². The molecule has 2 aromatic carbocycles. The van der Waals surface area contributed by atoms with Gasteiger partial charge in [-0.1, -0.05) is 51.8 Å². The van der Waals surface area contributed by atoms with E-state index in [1.54, 1.807) is 0 Å². The average Bonchev–Trinajstić information content (AvgIpc) is 2.16. The molecule has 0 aliphatic rings. The van der Waals surface area contributed by atoms with Crippen LogP contribution in [0.15, 0.2) is 46.9 Å². The first-order chi connectivity index (χ1) is 7.16. The van der Waals surface area contributed by atoms with Crippen molar-refractivity contribution in [2.24, 2.45) is 0 Å². The van der Waals surface area contributed by atoms with E-state index in [-0.39, 0.29) is 0 Å². The standard InChI is InChI=1S/C13H10BrCl/c1-9-4-2-3-5-13(9)10-6-11(14)8-12(15)7-10/h2-8H,1H3. The van der Waals surface area contributed by atoms with Gasteiger partial charge in [0.05, 0.1) is 0 Å². The van der Waals surface area contributed by atoms with Gasteiger partial charge in [-0.25, -0.2) is 0 Å². The van der Waals surface area contributed by atoms with Gasteiger partial charge in [-0.05, 0) is 41.8 Å². The Morgan fingerprint density at radius 1 is 1.07 bits per heavy atom. The van der Waals surface area contributed by atoms with Crippen LogP contribution in [0, 0.1) is 6.92 Å². The summed E-state index contributed by atoms with van der Waals surface area (Å²) in [6.45, 7) is 2.10. The SMILES string of the molecule is Cc1ccccc1-c1cc(Cl)cc(Br)c1. The zero-order valence-corrected chi connectivity index (χ0v) is 10.6. The Morgan fingerprint density at radius 2 is 1.80 bits per heavy atom. The van der Waals surface area contributed by atoms with Crippen LogP contribution in [0.3, 0.4) is 0 Å². The molecular weight excluding hydrogens is 272 g/mol. The van der Waals surface area contributed by atoms with E-state index >= 15 is 0 Å². The highest BCUT2D eigenvalue weighted by Crippen LogP contribution is 2.29. The molecule has 0 saturated carbocycles. The summed E-state index contributed by atoms with van der Waals surface area (Å²) in [6, 6.07) is 14.2. The maximum atomic E-state index is 6.02. The lowest BCUT2D eigenvalue weighted by Crippen LogP contribution is -1.82. The van der Waals surface area contributed by atoms with E-state index in [9.17, 15) is 0 Å². The Hall–Kier alpha value is -0.790. The smallest absolute Gasteiger partial charge is 0.0423 e. The first kappa shape index (κ1) is 10.7. The second-order valence-electron chi connectivity index (χ2n) is 3.47. The fourth-order valence-corrected chi connectivity index (χ4v) is 2.47. The van der Waals surface area contributed by atoms with Crippen LogP contribution in [-0.2, 0) is 0 Å². The predicted molar refractivity (Wildman–Crippen MR) is 69.3 cm³/mol. The molecule has 2 aromatic rings. The zero-order valence-electron chi connectivity index (χ0n) is 8.30. The second-order valence-corrected chi connectivity index (χ2v) is 4.83. The van der Waals surface area contributed by atoms with Crippen LogP contribution in [0.1, 0.15) is 5.56 Å². The summed E-state index contributed by atoms with van der Waals surface area (Å²) in [5.41, 5.74) is 3.62. The van der Waals surface area contributed by atoms with Crippen molar-refractivity contribution in [1.29, 1.82) is 0 Å². The number of rotatable bonds is 1. The van der Waals surface area contributed by atoms with Gasteiger partial charge in [-0.3, -0.25) is 0 Å². The fourth-order valence-electron chi connectivity index (χ4n) is 1.61. The molecule has 0 atom stereocenters. The van der Waals surface area contributed by atoms with Crippen molar-refractivity contribution in [2.45, 2.75) is 6.92 Å². The molecule has 0 N–H and O–H groups in total. The third-order valence-corrected chi connectivity index (χ3v) is 2.99. The summed E-state index contributed by atoms with van der Waals surface area (Å²) in [4.78, 5) is 0. The third-order valence-electron chi connectivity index (χ3n) is 2.32. The first-order valence-corrected chi connectivity index (χ1v) is 5.86. The molecule has 0 heterocycles. The molecule has 0 fully saturated rings. The molecule has 0 amide bonds. The van der Waals surface area contributed by atoms with E-state index in [1.807, 2.05) is 24.3 Å². The van der Waals surface area contributed by atoms with Gasteiger partial charge in [0.1, 0.15) is 0 Å². The molecular formula is C13H10BrCl. The van der Waals surface area contributed by atoms with E-state index < -0.39 is 0 Å². The quantitative estimate of drug-likeness (QED) is 0.684. The normalized spacial score (nSPS) is 10.3. The van der Waals surface area contributed by atoms with Crippen molar-refractivity contribution in [3.8, 4) is 11.1 Å². The minimum atomic E-state index is 0.752. The summed E-state index contributed by atoms with van der Waals surface area (Å²) in [7, 11) is 0. The van der Waals surface area contributed by atoms with Crippen LogP contribution < -0.4 is 0 Å².